The second-order valence-corrected chi connectivity index (χ2v) is 6.62. The molecule has 0 bridgehead atoms. The number of Topliss-reactive ketones (excluding diaryl/α,β-unsaturated/α-hetero) is 2. The smallest absolute Gasteiger partial charge is 0.198 e. The molecular formula is C14H14O4S2. The first-order chi connectivity index (χ1) is 9.58. The minimum absolute atomic E-state index is 0.209. The van der Waals surface area contributed by atoms with Crippen LogP contribution in [0, 0.1) is 0 Å². The van der Waals surface area contributed by atoms with Crippen molar-refractivity contribution in [3.05, 3.63) is 33.6 Å². The maximum absolute atomic E-state index is 12.5. The van der Waals surface area contributed by atoms with Gasteiger partial charge in [0.25, 0.3) is 0 Å². The SMILES string of the molecule is COc1ccc(C(=O)C(C(C)=O)=C2SCS2)cc1OC. The first-order valence-electron chi connectivity index (χ1n) is 5.86. The summed E-state index contributed by atoms with van der Waals surface area (Å²) >= 11 is 3.05. The van der Waals surface area contributed by atoms with Gasteiger partial charge in [0.05, 0.1) is 24.0 Å². The lowest BCUT2D eigenvalue weighted by molar-refractivity contribution is -0.113. The van der Waals surface area contributed by atoms with E-state index >= 15 is 0 Å². The Morgan fingerprint density at radius 3 is 2.20 bits per heavy atom. The molecule has 1 aromatic carbocycles. The molecule has 0 radical (unpaired) electrons. The minimum Gasteiger partial charge on any atom is -0.493 e. The van der Waals surface area contributed by atoms with Gasteiger partial charge in [0, 0.05) is 10.6 Å². The van der Waals surface area contributed by atoms with Crippen molar-refractivity contribution in [2.75, 3.05) is 19.3 Å². The van der Waals surface area contributed by atoms with E-state index in [2.05, 4.69) is 0 Å². The number of ether oxygens (including phenoxy) is 2. The molecule has 0 unspecified atom stereocenters. The zero-order valence-electron chi connectivity index (χ0n) is 11.4. The van der Waals surface area contributed by atoms with Crippen LogP contribution in [0.2, 0.25) is 0 Å². The van der Waals surface area contributed by atoms with Gasteiger partial charge in [0.1, 0.15) is 0 Å². The number of benzene rings is 1. The molecule has 6 heteroatoms. The summed E-state index contributed by atoms with van der Waals surface area (Å²) in [6.45, 7) is 1.42. The van der Waals surface area contributed by atoms with E-state index in [0.717, 1.165) is 9.32 Å². The van der Waals surface area contributed by atoms with E-state index in [1.165, 1.54) is 44.7 Å². The lowest BCUT2D eigenvalue weighted by Crippen LogP contribution is -2.14. The molecular weight excluding hydrogens is 296 g/mol. The molecule has 1 heterocycles. The van der Waals surface area contributed by atoms with Crippen LogP contribution < -0.4 is 9.47 Å². The van der Waals surface area contributed by atoms with Crippen LogP contribution in [0.1, 0.15) is 17.3 Å². The Kier molecular flexibility index (Phi) is 4.77. The zero-order valence-corrected chi connectivity index (χ0v) is 13.0. The van der Waals surface area contributed by atoms with Crippen LogP contribution in [0.4, 0.5) is 0 Å². The summed E-state index contributed by atoms with van der Waals surface area (Å²) < 4.78 is 11.1. The van der Waals surface area contributed by atoms with Crippen molar-refractivity contribution in [2.45, 2.75) is 6.92 Å². The topological polar surface area (TPSA) is 52.6 Å². The molecule has 0 aliphatic carbocycles. The Bertz CT molecular complexity index is 587. The molecule has 20 heavy (non-hydrogen) atoms. The molecule has 0 spiro atoms. The van der Waals surface area contributed by atoms with Gasteiger partial charge in [-0.1, -0.05) is 0 Å². The number of rotatable bonds is 5. The van der Waals surface area contributed by atoms with E-state index in [1.807, 2.05) is 0 Å². The van der Waals surface area contributed by atoms with Crippen molar-refractivity contribution in [3.8, 4) is 11.5 Å². The van der Waals surface area contributed by atoms with Gasteiger partial charge in [-0.3, -0.25) is 9.59 Å². The van der Waals surface area contributed by atoms with Crippen LogP contribution in [0.25, 0.3) is 0 Å². The fraction of sp³-hybridized carbons (Fsp3) is 0.286. The normalized spacial score (nSPS) is 13.4. The Hall–Kier alpha value is -1.40. The third-order valence-electron chi connectivity index (χ3n) is 2.81. The van der Waals surface area contributed by atoms with Crippen molar-refractivity contribution in [3.63, 3.8) is 0 Å². The zero-order chi connectivity index (χ0) is 14.7. The molecule has 0 amide bonds. The van der Waals surface area contributed by atoms with Gasteiger partial charge in [-0.15, -0.1) is 23.5 Å². The Balaban J connectivity index is 2.40. The van der Waals surface area contributed by atoms with E-state index in [-0.39, 0.29) is 17.1 Å². The fourth-order valence-electron chi connectivity index (χ4n) is 1.78. The maximum Gasteiger partial charge on any atom is 0.198 e. The molecule has 1 aliphatic rings. The van der Waals surface area contributed by atoms with Gasteiger partial charge in [0.15, 0.2) is 23.1 Å². The molecule has 1 fully saturated rings. The van der Waals surface area contributed by atoms with Crippen molar-refractivity contribution in [1.82, 2.24) is 0 Å². The van der Waals surface area contributed by atoms with Crippen molar-refractivity contribution < 1.29 is 19.1 Å². The van der Waals surface area contributed by atoms with Gasteiger partial charge >= 0.3 is 0 Å². The predicted molar refractivity (Wildman–Crippen MR) is 81.6 cm³/mol. The third-order valence-corrected chi connectivity index (χ3v) is 5.39. The molecule has 1 saturated heterocycles. The highest BCUT2D eigenvalue weighted by molar-refractivity contribution is 8.37. The summed E-state index contributed by atoms with van der Waals surface area (Å²) in [6.07, 6.45) is 0. The average Bonchev–Trinajstić information content (AvgIpc) is 2.40. The van der Waals surface area contributed by atoms with E-state index in [4.69, 9.17) is 9.47 Å². The van der Waals surface area contributed by atoms with E-state index in [9.17, 15) is 9.59 Å². The lowest BCUT2D eigenvalue weighted by Gasteiger charge is -2.18. The van der Waals surface area contributed by atoms with Gasteiger partial charge in [0.2, 0.25) is 0 Å². The summed E-state index contributed by atoms with van der Waals surface area (Å²) in [7, 11) is 3.04. The molecule has 0 N–H and O–H groups in total. The number of hydrogen-bond acceptors (Lipinski definition) is 6. The number of methoxy groups -OCH3 is 2. The quantitative estimate of drug-likeness (QED) is 0.360. The van der Waals surface area contributed by atoms with Crippen LogP contribution in [-0.2, 0) is 4.79 Å². The number of ketones is 2. The van der Waals surface area contributed by atoms with Crippen molar-refractivity contribution in [1.29, 1.82) is 0 Å². The monoisotopic (exact) mass is 310 g/mol. The summed E-state index contributed by atoms with van der Waals surface area (Å²) in [6, 6.07) is 4.90. The van der Waals surface area contributed by atoms with Gasteiger partial charge in [-0.2, -0.15) is 0 Å². The van der Waals surface area contributed by atoms with E-state index in [1.54, 1.807) is 18.2 Å². The molecule has 2 rings (SSSR count). The van der Waals surface area contributed by atoms with E-state index < -0.39 is 0 Å². The van der Waals surface area contributed by atoms with Crippen LogP contribution in [0.3, 0.4) is 0 Å². The van der Waals surface area contributed by atoms with E-state index in [0.29, 0.717) is 17.1 Å². The molecule has 0 atom stereocenters. The van der Waals surface area contributed by atoms with Crippen LogP contribution in [-0.4, -0.2) is 30.9 Å². The molecule has 4 nitrogen and oxygen atoms in total. The number of allylic oxidation sites excluding steroid dienone is 1. The third kappa shape index (κ3) is 2.86. The molecule has 0 aromatic heterocycles. The van der Waals surface area contributed by atoms with Gasteiger partial charge in [-0.05, 0) is 25.1 Å². The van der Waals surface area contributed by atoms with Crippen LogP contribution >= 0.6 is 23.5 Å². The maximum atomic E-state index is 12.5. The Morgan fingerprint density at radius 2 is 1.75 bits per heavy atom. The summed E-state index contributed by atoms with van der Waals surface area (Å²) in [4.78, 5) is 24.2. The first-order valence-corrected chi connectivity index (χ1v) is 7.83. The largest absolute Gasteiger partial charge is 0.493 e. The summed E-state index contributed by atoms with van der Waals surface area (Å²) in [5.41, 5.74) is 0.687. The minimum atomic E-state index is -0.270. The van der Waals surface area contributed by atoms with Gasteiger partial charge < -0.3 is 9.47 Å². The molecule has 1 aromatic rings. The number of thioether (sulfide) groups is 2. The highest BCUT2D eigenvalue weighted by Crippen LogP contribution is 2.46. The standard InChI is InChI=1S/C14H14O4S2/c1-8(15)12(14-19-7-20-14)13(16)9-4-5-10(17-2)11(6-9)18-3/h4-6H,7H2,1-3H3. The summed E-state index contributed by atoms with van der Waals surface area (Å²) in [5, 5.41) is 0.880. The number of hydrogen-bond donors (Lipinski definition) is 0. The molecule has 106 valence electrons. The van der Waals surface area contributed by atoms with Crippen molar-refractivity contribution in [2.24, 2.45) is 0 Å². The highest BCUT2D eigenvalue weighted by Gasteiger charge is 2.26. The second kappa shape index (κ2) is 6.37. The number of carbonyl (C=O) groups excluding carboxylic acids is 2. The predicted octanol–water partition coefficient (Wildman–Crippen LogP) is 3.12. The Morgan fingerprint density at radius 1 is 1.10 bits per heavy atom. The second-order valence-electron chi connectivity index (χ2n) is 4.02. The molecule has 0 saturated carbocycles. The van der Waals surface area contributed by atoms with Gasteiger partial charge in [-0.25, -0.2) is 0 Å². The average molecular weight is 310 g/mol. The summed E-state index contributed by atoms with van der Waals surface area (Å²) in [5.74, 6) is 0.543. The Labute approximate surface area is 125 Å². The van der Waals surface area contributed by atoms with Crippen LogP contribution in [0.5, 0.6) is 11.5 Å². The number of carbonyl (C=O) groups is 2. The van der Waals surface area contributed by atoms with Crippen LogP contribution in [0.15, 0.2) is 28.0 Å². The first kappa shape index (κ1) is 15.0. The molecule has 1 aliphatic heterocycles. The lowest BCUT2D eigenvalue weighted by atomic mass is 10.0. The fourth-order valence-corrected chi connectivity index (χ4v) is 3.48. The van der Waals surface area contributed by atoms with Crippen molar-refractivity contribution >= 4 is 35.1 Å². The highest BCUT2D eigenvalue weighted by atomic mass is 32.3.